The monoisotopic (exact) mass is 203 g/mol. The molecule has 0 spiro atoms. The van der Waals surface area contributed by atoms with E-state index in [1.807, 2.05) is 0 Å². The first-order chi connectivity index (χ1) is 5.99. The molecule has 0 amide bonds. The van der Waals surface area contributed by atoms with Gasteiger partial charge >= 0.3 is 0 Å². The molecule has 0 heterocycles. The lowest BCUT2D eigenvalue weighted by atomic mass is 10.3. The molecule has 0 aliphatic rings. The Labute approximate surface area is 78.8 Å². The molecule has 0 aliphatic heterocycles. The summed E-state index contributed by atoms with van der Waals surface area (Å²) in [6.45, 7) is 5.15. The van der Waals surface area contributed by atoms with E-state index < -0.39 is 10.1 Å². The first kappa shape index (κ1) is 12.1. The van der Waals surface area contributed by atoms with Gasteiger partial charge in [0.25, 0.3) is 10.1 Å². The van der Waals surface area contributed by atoms with Crippen molar-refractivity contribution in [2.45, 2.75) is 6.92 Å². The Hall–Kier alpha value is -0.940. The fraction of sp³-hybridized carbons (Fsp3) is 0.375. The molecule has 0 radical (unpaired) electrons. The third-order valence-corrected chi connectivity index (χ3v) is 1.58. The molecule has 0 saturated heterocycles. The predicted molar refractivity (Wildman–Crippen MR) is 53.2 cm³/mol. The number of aliphatic imine (C=N–C) groups is 1. The van der Waals surface area contributed by atoms with Crippen molar-refractivity contribution in [2.24, 2.45) is 4.99 Å². The molecule has 0 fully saturated rings. The summed E-state index contributed by atoms with van der Waals surface area (Å²) in [7, 11) is -3.40. The molecule has 0 aromatic rings. The number of nitrogens with zero attached hydrogens (tertiary/aromatic N) is 1. The van der Waals surface area contributed by atoms with Gasteiger partial charge in [0.1, 0.15) is 6.61 Å². The second-order valence-electron chi connectivity index (χ2n) is 2.27. The van der Waals surface area contributed by atoms with Crippen molar-refractivity contribution in [3.8, 4) is 0 Å². The predicted octanol–water partition coefficient (Wildman–Crippen LogP) is 1.12. The number of allylic oxidation sites excluding steroid dienone is 1. The Morgan fingerprint density at radius 2 is 2.23 bits per heavy atom. The van der Waals surface area contributed by atoms with Crippen molar-refractivity contribution < 1.29 is 12.6 Å². The van der Waals surface area contributed by atoms with Crippen LogP contribution >= 0.6 is 0 Å². The van der Waals surface area contributed by atoms with Crippen LogP contribution < -0.4 is 0 Å². The van der Waals surface area contributed by atoms with E-state index in [0.717, 1.165) is 6.26 Å². The van der Waals surface area contributed by atoms with Crippen LogP contribution in [-0.4, -0.2) is 27.0 Å². The molecule has 0 N–H and O–H groups in total. The van der Waals surface area contributed by atoms with Gasteiger partial charge in [-0.1, -0.05) is 12.7 Å². The van der Waals surface area contributed by atoms with Gasteiger partial charge in [0, 0.05) is 6.20 Å². The molecule has 0 saturated carbocycles. The molecule has 0 bridgehead atoms. The highest BCUT2D eigenvalue weighted by Crippen LogP contribution is 1.91. The number of hydrogen-bond donors (Lipinski definition) is 0. The van der Waals surface area contributed by atoms with Crippen LogP contribution in [0.4, 0.5) is 0 Å². The molecular formula is C8H13NO3S. The fourth-order valence-corrected chi connectivity index (χ4v) is 0.940. The molecule has 0 aliphatic carbocycles. The summed E-state index contributed by atoms with van der Waals surface area (Å²) in [5.41, 5.74) is 0.517. The van der Waals surface area contributed by atoms with Crippen molar-refractivity contribution in [2.75, 3.05) is 12.9 Å². The van der Waals surface area contributed by atoms with Gasteiger partial charge in [0.15, 0.2) is 0 Å². The maximum atomic E-state index is 10.6. The third-order valence-electron chi connectivity index (χ3n) is 1.04. The normalized spacial score (nSPS) is 13.5. The first-order valence-corrected chi connectivity index (χ1v) is 5.46. The van der Waals surface area contributed by atoms with Crippen molar-refractivity contribution in [3.63, 3.8) is 0 Å². The highest BCUT2D eigenvalue weighted by molar-refractivity contribution is 7.86. The van der Waals surface area contributed by atoms with Gasteiger partial charge in [-0.05, 0) is 13.0 Å². The van der Waals surface area contributed by atoms with Crippen LogP contribution in [0, 0.1) is 0 Å². The zero-order valence-electron chi connectivity index (χ0n) is 7.73. The Morgan fingerprint density at radius 3 is 2.62 bits per heavy atom. The summed E-state index contributed by atoms with van der Waals surface area (Å²) < 4.78 is 25.8. The molecule has 0 atom stereocenters. The minimum Gasteiger partial charge on any atom is -0.264 e. The fourth-order valence-electron chi connectivity index (χ4n) is 0.605. The van der Waals surface area contributed by atoms with Crippen LogP contribution in [0.3, 0.4) is 0 Å². The molecule has 0 unspecified atom stereocenters. The zero-order chi connectivity index (χ0) is 10.3. The summed E-state index contributed by atoms with van der Waals surface area (Å²) in [5, 5.41) is 0. The second-order valence-corrected chi connectivity index (χ2v) is 3.91. The number of rotatable bonds is 5. The van der Waals surface area contributed by atoms with Crippen molar-refractivity contribution in [3.05, 3.63) is 24.9 Å². The lowest BCUT2D eigenvalue weighted by Crippen LogP contribution is -2.11. The SMILES string of the molecule is C=C/N=C(\C=C/C)COS(C)(=O)=O. The molecule has 4 nitrogen and oxygen atoms in total. The number of hydrogen-bond acceptors (Lipinski definition) is 4. The van der Waals surface area contributed by atoms with Crippen LogP contribution in [0.25, 0.3) is 0 Å². The van der Waals surface area contributed by atoms with E-state index in [4.69, 9.17) is 0 Å². The van der Waals surface area contributed by atoms with Crippen molar-refractivity contribution >= 4 is 15.8 Å². The Morgan fingerprint density at radius 1 is 1.62 bits per heavy atom. The summed E-state index contributed by atoms with van der Waals surface area (Å²) >= 11 is 0. The van der Waals surface area contributed by atoms with Gasteiger partial charge in [-0.15, -0.1) is 0 Å². The summed E-state index contributed by atoms with van der Waals surface area (Å²) in [5.74, 6) is 0. The van der Waals surface area contributed by atoms with Gasteiger partial charge < -0.3 is 0 Å². The topological polar surface area (TPSA) is 55.7 Å². The van der Waals surface area contributed by atoms with Crippen LogP contribution in [0.1, 0.15) is 6.92 Å². The highest BCUT2D eigenvalue weighted by Gasteiger charge is 2.02. The van der Waals surface area contributed by atoms with Gasteiger partial charge in [-0.25, -0.2) is 0 Å². The standard InChI is InChI=1S/C8H13NO3S/c1-4-6-8(9-5-2)7-12-13(3,10)11/h4-6H,2,7H2,1,3H3/b6-4-,9-8+. The Bertz CT molecular complexity index is 314. The van der Waals surface area contributed by atoms with Gasteiger partial charge in [0.05, 0.1) is 12.0 Å². The zero-order valence-corrected chi connectivity index (χ0v) is 8.54. The minimum absolute atomic E-state index is 0.0603. The van der Waals surface area contributed by atoms with Crippen molar-refractivity contribution in [1.29, 1.82) is 0 Å². The van der Waals surface area contributed by atoms with E-state index in [1.54, 1.807) is 19.1 Å². The van der Waals surface area contributed by atoms with E-state index in [0.29, 0.717) is 5.71 Å². The largest absolute Gasteiger partial charge is 0.264 e. The van der Waals surface area contributed by atoms with Crippen LogP contribution in [-0.2, 0) is 14.3 Å². The molecule has 0 aromatic carbocycles. The lowest BCUT2D eigenvalue weighted by Gasteiger charge is -1.99. The quantitative estimate of drug-likeness (QED) is 0.497. The third kappa shape index (κ3) is 7.42. The lowest BCUT2D eigenvalue weighted by molar-refractivity contribution is 0.373. The molecule has 0 rings (SSSR count). The molecular weight excluding hydrogens is 190 g/mol. The van der Waals surface area contributed by atoms with Gasteiger partial charge in [-0.3, -0.25) is 9.18 Å². The van der Waals surface area contributed by atoms with Gasteiger partial charge in [-0.2, -0.15) is 8.42 Å². The van der Waals surface area contributed by atoms with E-state index in [9.17, 15) is 8.42 Å². The van der Waals surface area contributed by atoms with Crippen LogP contribution in [0.5, 0.6) is 0 Å². The van der Waals surface area contributed by atoms with Crippen LogP contribution in [0.15, 0.2) is 29.9 Å². The van der Waals surface area contributed by atoms with E-state index in [2.05, 4.69) is 15.8 Å². The molecule has 0 aromatic heterocycles. The summed E-state index contributed by atoms with van der Waals surface area (Å²) in [6.07, 6.45) is 5.73. The maximum Gasteiger partial charge on any atom is 0.264 e. The highest BCUT2D eigenvalue weighted by atomic mass is 32.2. The molecule has 5 heteroatoms. The summed E-state index contributed by atoms with van der Waals surface area (Å²) in [4.78, 5) is 3.82. The average molecular weight is 203 g/mol. The average Bonchev–Trinajstić information content (AvgIpc) is 2.00. The van der Waals surface area contributed by atoms with E-state index in [1.165, 1.54) is 6.20 Å². The van der Waals surface area contributed by atoms with E-state index >= 15 is 0 Å². The van der Waals surface area contributed by atoms with Crippen LogP contribution in [0.2, 0.25) is 0 Å². The first-order valence-electron chi connectivity index (χ1n) is 3.64. The molecule has 74 valence electrons. The van der Waals surface area contributed by atoms with Crippen molar-refractivity contribution in [1.82, 2.24) is 0 Å². The Kier molecular flexibility index (Phi) is 5.25. The van der Waals surface area contributed by atoms with E-state index in [-0.39, 0.29) is 6.61 Å². The second kappa shape index (κ2) is 5.66. The molecule has 13 heavy (non-hydrogen) atoms. The van der Waals surface area contributed by atoms with Gasteiger partial charge in [0.2, 0.25) is 0 Å². The maximum absolute atomic E-state index is 10.6. The minimum atomic E-state index is -3.40. The summed E-state index contributed by atoms with van der Waals surface area (Å²) in [6, 6.07) is 0. The smallest absolute Gasteiger partial charge is 0.264 e. The Balaban J connectivity index is 4.29.